The standard InChI is InChI=1S/C18H16N2O5S3/c21-17(7-12-2-1-5-26-12)19-18-20(13-8-28(22,23)9-16(13)27-18)11-3-4-14-15(6-11)25-10-24-14/h1-6,13,16H,7-10H2/t13-,16+/m0/s1. The van der Waals surface area contributed by atoms with Crippen LogP contribution in [0.4, 0.5) is 5.69 Å². The lowest BCUT2D eigenvalue weighted by molar-refractivity contribution is -0.117. The second-order valence-electron chi connectivity index (χ2n) is 6.75. The molecule has 3 aliphatic heterocycles. The molecule has 0 N–H and O–H groups in total. The maximum absolute atomic E-state index is 12.5. The molecule has 0 unspecified atom stereocenters. The fraction of sp³-hybridized carbons (Fsp3) is 0.333. The first-order valence-corrected chi connectivity index (χ1v) is 12.3. The number of amidine groups is 1. The molecule has 1 aromatic heterocycles. The second kappa shape index (κ2) is 6.78. The quantitative estimate of drug-likeness (QED) is 0.730. The highest BCUT2D eigenvalue weighted by atomic mass is 32.2. The molecule has 28 heavy (non-hydrogen) atoms. The summed E-state index contributed by atoms with van der Waals surface area (Å²) in [4.78, 5) is 19.7. The molecule has 5 rings (SSSR count). The van der Waals surface area contributed by atoms with Crippen LogP contribution in [0, 0.1) is 0 Å². The Morgan fingerprint density at radius 2 is 2.07 bits per heavy atom. The highest BCUT2D eigenvalue weighted by Gasteiger charge is 2.49. The third-order valence-electron chi connectivity index (χ3n) is 4.83. The average Bonchev–Trinajstić information content (AvgIpc) is 3.38. The van der Waals surface area contributed by atoms with Gasteiger partial charge in [0.05, 0.1) is 24.0 Å². The molecule has 146 valence electrons. The molecule has 1 amide bonds. The molecule has 0 spiro atoms. The van der Waals surface area contributed by atoms with Crippen molar-refractivity contribution in [3.63, 3.8) is 0 Å². The molecule has 0 radical (unpaired) electrons. The van der Waals surface area contributed by atoms with Gasteiger partial charge in [0.25, 0.3) is 5.91 Å². The molecule has 2 aromatic rings. The van der Waals surface area contributed by atoms with E-state index in [4.69, 9.17) is 9.47 Å². The van der Waals surface area contributed by atoms with Crippen molar-refractivity contribution >= 4 is 49.7 Å². The predicted octanol–water partition coefficient (Wildman–Crippen LogP) is 2.32. The first-order valence-electron chi connectivity index (χ1n) is 8.68. The van der Waals surface area contributed by atoms with E-state index in [-0.39, 0.29) is 41.9 Å². The number of nitrogens with zero attached hydrogens (tertiary/aromatic N) is 2. The molecule has 4 heterocycles. The summed E-state index contributed by atoms with van der Waals surface area (Å²) in [5, 5.41) is 2.34. The largest absolute Gasteiger partial charge is 0.454 e. The van der Waals surface area contributed by atoms with Crippen LogP contribution in [0.15, 0.2) is 40.7 Å². The number of thioether (sulfide) groups is 1. The Morgan fingerprint density at radius 1 is 1.21 bits per heavy atom. The minimum absolute atomic E-state index is 0.0528. The van der Waals surface area contributed by atoms with Crippen molar-refractivity contribution in [3.05, 3.63) is 40.6 Å². The van der Waals surface area contributed by atoms with Crippen LogP contribution in [0.3, 0.4) is 0 Å². The van der Waals surface area contributed by atoms with Crippen molar-refractivity contribution < 1.29 is 22.7 Å². The number of aliphatic imine (C=N–C) groups is 1. The molecule has 2 saturated heterocycles. The number of thiophene rings is 1. The van der Waals surface area contributed by atoms with Gasteiger partial charge in [-0.15, -0.1) is 11.3 Å². The van der Waals surface area contributed by atoms with Crippen molar-refractivity contribution in [3.8, 4) is 11.5 Å². The van der Waals surface area contributed by atoms with E-state index in [0.29, 0.717) is 16.7 Å². The number of sulfone groups is 1. The van der Waals surface area contributed by atoms with Crippen LogP contribution in [-0.2, 0) is 21.1 Å². The zero-order valence-electron chi connectivity index (χ0n) is 14.6. The van der Waals surface area contributed by atoms with Crippen LogP contribution < -0.4 is 14.4 Å². The molecule has 10 heteroatoms. The summed E-state index contributed by atoms with van der Waals surface area (Å²) in [6.07, 6.45) is 0.240. The van der Waals surface area contributed by atoms with E-state index < -0.39 is 9.84 Å². The first-order chi connectivity index (χ1) is 13.5. The number of rotatable bonds is 3. The number of carbonyl (C=O) groups excluding carboxylic acids is 1. The minimum atomic E-state index is -3.11. The van der Waals surface area contributed by atoms with Crippen LogP contribution in [0.25, 0.3) is 0 Å². The maximum atomic E-state index is 12.5. The Morgan fingerprint density at radius 3 is 2.89 bits per heavy atom. The summed E-state index contributed by atoms with van der Waals surface area (Å²) in [6.45, 7) is 0.161. The lowest BCUT2D eigenvalue weighted by Crippen LogP contribution is -2.37. The van der Waals surface area contributed by atoms with Crippen molar-refractivity contribution in [2.75, 3.05) is 23.2 Å². The third kappa shape index (κ3) is 3.29. The van der Waals surface area contributed by atoms with E-state index in [9.17, 15) is 13.2 Å². The molecule has 7 nitrogen and oxygen atoms in total. The summed E-state index contributed by atoms with van der Waals surface area (Å²) in [5.74, 6) is 1.17. The Balaban J connectivity index is 1.49. The number of fused-ring (bicyclic) bond motifs is 2. The molecule has 0 aliphatic carbocycles. The van der Waals surface area contributed by atoms with Gasteiger partial charge in [0.2, 0.25) is 6.79 Å². The van der Waals surface area contributed by atoms with Crippen molar-refractivity contribution in [1.82, 2.24) is 0 Å². The van der Waals surface area contributed by atoms with E-state index in [1.54, 1.807) is 6.07 Å². The molecule has 2 atom stereocenters. The van der Waals surface area contributed by atoms with E-state index in [1.807, 2.05) is 34.5 Å². The van der Waals surface area contributed by atoms with E-state index in [0.717, 1.165) is 10.6 Å². The summed E-state index contributed by atoms with van der Waals surface area (Å²) < 4.78 is 35.1. The molecular formula is C18H16N2O5S3. The van der Waals surface area contributed by atoms with Gasteiger partial charge in [0.1, 0.15) is 0 Å². The molecule has 1 aromatic carbocycles. The smallest absolute Gasteiger partial charge is 0.253 e. The normalized spacial score (nSPS) is 26.0. The van der Waals surface area contributed by atoms with Gasteiger partial charge in [-0.05, 0) is 23.6 Å². The zero-order valence-corrected chi connectivity index (χ0v) is 17.1. The Bertz CT molecular complexity index is 1060. The number of ether oxygens (including phenoxy) is 2. The maximum Gasteiger partial charge on any atom is 0.253 e. The van der Waals surface area contributed by atoms with E-state index in [2.05, 4.69) is 4.99 Å². The van der Waals surface area contributed by atoms with Gasteiger partial charge in [-0.2, -0.15) is 4.99 Å². The molecule has 3 aliphatic rings. The lowest BCUT2D eigenvalue weighted by Gasteiger charge is -2.24. The van der Waals surface area contributed by atoms with Crippen molar-refractivity contribution in [1.29, 1.82) is 0 Å². The van der Waals surface area contributed by atoms with Gasteiger partial charge in [0.15, 0.2) is 26.5 Å². The number of carbonyl (C=O) groups is 1. The highest BCUT2D eigenvalue weighted by molar-refractivity contribution is 8.16. The fourth-order valence-electron chi connectivity index (χ4n) is 3.61. The van der Waals surface area contributed by atoms with Crippen LogP contribution in [0.5, 0.6) is 11.5 Å². The Hall–Kier alpha value is -2.04. The SMILES string of the molecule is O=C(Cc1cccs1)N=C1S[C@@H]2CS(=O)(=O)C[C@@H]2N1c1ccc2c(c1)OCO2. The van der Waals surface area contributed by atoms with Gasteiger partial charge in [-0.3, -0.25) is 4.79 Å². The van der Waals surface area contributed by atoms with Crippen LogP contribution >= 0.6 is 23.1 Å². The van der Waals surface area contributed by atoms with Crippen LogP contribution in [-0.4, -0.2) is 49.1 Å². The number of anilines is 1. The number of hydrogen-bond acceptors (Lipinski definition) is 7. The minimum Gasteiger partial charge on any atom is -0.454 e. The molecule has 0 bridgehead atoms. The Kier molecular flexibility index (Phi) is 4.37. The van der Waals surface area contributed by atoms with E-state index in [1.165, 1.54) is 23.1 Å². The topological polar surface area (TPSA) is 85.3 Å². The predicted molar refractivity (Wildman–Crippen MR) is 109 cm³/mol. The molecule has 2 fully saturated rings. The van der Waals surface area contributed by atoms with Gasteiger partial charge < -0.3 is 14.4 Å². The summed E-state index contributed by atoms with van der Waals surface area (Å²) in [7, 11) is -3.11. The zero-order chi connectivity index (χ0) is 19.3. The number of amides is 1. The van der Waals surface area contributed by atoms with E-state index >= 15 is 0 Å². The van der Waals surface area contributed by atoms with Crippen molar-refractivity contribution in [2.45, 2.75) is 17.7 Å². The summed E-state index contributed by atoms with van der Waals surface area (Å²) >= 11 is 2.88. The third-order valence-corrected chi connectivity index (χ3v) is 8.91. The van der Waals surface area contributed by atoms with Gasteiger partial charge in [-0.1, -0.05) is 17.8 Å². The fourth-order valence-corrected chi connectivity index (χ4v) is 8.24. The Labute approximate surface area is 170 Å². The molecular weight excluding hydrogens is 420 g/mol. The van der Waals surface area contributed by atoms with Crippen LogP contribution in [0.2, 0.25) is 0 Å². The van der Waals surface area contributed by atoms with Gasteiger partial charge in [0, 0.05) is 21.9 Å². The lowest BCUT2D eigenvalue weighted by atomic mass is 10.2. The summed E-state index contributed by atoms with van der Waals surface area (Å²) in [6, 6.07) is 9.02. The van der Waals surface area contributed by atoms with Crippen LogP contribution in [0.1, 0.15) is 4.88 Å². The van der Waals surface area contributed by atoms with Gasteiger partial charge >= 0.3 is 0 Å². The van der Waals surface area contributed by atoms with Crippen molar-refractivity contribution in [2.24, 2.45) is 4.99 Å². The molecule has 0 saturated carbocycles. The second-order valence-corrected chi connectivity index (χ2v) is 11.1. The first kappa shape index (κ1) is 18.0. The average molecular weight is 437 g/mol. The monoisotopic (exact) mass is 436 g/mol. The van der Waals surface area contributed by atoms with Gasteiger partial charge in [-0.25, -0.2) is 8.42 Å². The highest BCUT2D eigenvalue weighted by Crippen LogP contribution is 2.43. The number of benzene rings is 1. The number of hydrogen-bond donors (Lipinski definition) is 0. The summed E-state index contributed by atoms with van der Waals surface area (Å²) in [5.41, 5.74) is 0.754.